The van der Waals surface area contributed by atoms with Gasteiger partial charge < -0.3 is 4.57 Å². The molecule has 17 heavy (non-hydrogen) atoms. The van der Waals surface area contributed by atoms with E-state index in [1.807, 2.05) is 12.1 Å². The highest BCUT2D eigenvalue weighted by molar-refractivity contribution is 6.31. The van der Waals surface area contributed by atoms with Crippen molar-refractivity contribution < 1.29 is 0 Å². The van der Waals surface area contributed by atoms with E-state index >= 15 is 0 Å². The molecule has 0 atom stereocenters. The van der Waals surface area contributed by atoms with Crippen LogP contribution in [0.4, 0.5) is 0 Å². The zero-order valence-electron chi connectivity index (χ0n) is 10.0. The summed E-state index contributed by atoms with van der Waals surface area (Å²) in [6.45, 7) is 1.17. The Morgan fingerprint density at radius 2 is 1.94 bits per heavy atom. The first-order valence-corrected chi connectivity index (χ1v) is 6.95. The monoisotopic (exact) mass is 247 g/mol. The van der Waals surface area contributed by atoms with Gasteiger partial charge >= 0.3 is 0 Å². The topological polar surface area (TPSA) is 4.93 Å². The maximum absolute atomic E-state index is 6.01. The van der Waals surface area contributed by atoms with Crippen molar-refractivity contribution in [3.63, 3.8) is 0 Å². The molecule has 1 aliphatic rings. The highest BCUT2D eigenvalue weighted by Gasteiger charge is 2.14. The zero-order valence-corrected chi connectivity index (χ0v) is 10.8. The molecule has 1 nitrogen and oxygen atoms in total. The van der Waals surface area contributed by atoms with Gasteiger partial charge in [-0.25, -0.2) is 0 Å². The molecule has 2 heteroatoms. The standard InChI is InChI=1S/C15H18ClN/c16-14-6-7-15-13(10-14)8-9-17(15)11-12-4-2-1-3-5-12/h6-10,12H,1-5,11H2. The fourth-order valence-corrected chi connectivity index (χ4v) is 3.16. The molecule has 0 aliphatic heterocycles. The quantitative estimate of drug-likeness (QED) is 0.713. The van der Waals surface area contributed by atoms with Crippen LogP contribution in [0.5, 0.6) is 0 Å². The van der Waals surface area contributed by atoms with Gasteiger partial charge in [-0.2, -0.15) is 0 Å². The minimum Gasteiger partial charge on any atom is -0.347 e. The molecular weight excluding hydrogens is 230 g/mol. The van der Waals surface area contributed by atoms with E-state index in [0.717, 1.165) is 10.9 Å². The molecule has 0 spiro atoms. The van der Waals surface area contributed by atoms with Crippen molar-refractivity contribution in [2.45, 2.75) is 38.6 Å². The average Bonchev–Trinajstić information content (AvgIpc) is 2.73. The van der Waals surface area contributed by atoms with Gasteiger partial charge in [-0.15, -0.1) is 0 Å². The third-order valence-electron chi connectivity index (χ3n) is 3.91. The van der Waals surface area contributed by atoms with Crippen LogP contribution in [0.15, 0.2) is 30.5 Å². The normalized spacial score (nSPS) is 17.7. The molecule has 2 aromatic rings. The molecule has 0 bridgehead atoms. The van der Waals surface area contributed by atoms with Crippen molar-refractivity contribution in [3.05, 3.63) is 35.5 Å². The summed E-state index contributed by atoms with van der Waals surface area (Å²) in [7, 11) is 0. The Hall–Kier alpha value is -0.950. The molecule has 0 amide bonds. The number of hydrogen-bond acceptors (Lipinski definition) is 0. The highest BCUT2D eigenvalue weighted by Crippen LogP contribution is 2.27. The average molecular weight is 248 g/mol. The predicted octanol–water partition coefficient (Wildman–Crippen LogP) is 4.88. The van der Waals surface area contributed by atoms with Crippen molar-refractivity contribution in [1.82, 2.24) is 4.57 Å². The maximum atomic E-state index is 6.01. The summed E-state index contributed by atoms with van der Waals surface area (Å²) in [6.07, 6.45) is 9.25. The second-order valence-electron chi connectivity index (χ2n) is 5.18. The Morgan fingerprint density at radius 1 is 1.12 bits per heavy atom. The molecule has 3 rings (SSSR count). The smallest absolute Gasteiger partial charge is 0.0481 e. The Balaban J connectivity index is 1.84. The minimum atomic E-state index is 0.827. The summed E-state index contributed by atoms with van der Waals surface area (Å²) in [4.78, 5) is 0. The van der Waals surface area contributed by atoms with Crippen molar-refractivity contribution >= 4 is 22.5 Å². The molecule has 1 aromatic heterocycles. The van der Waals surface area contributed by atoms with E-state index < -0.39 is 0 Å². The van der Waals surface area contributed by atoms with Crippen molar-refractivity contribution in [2.75, 3.05) is 0 Å². The summed E-state index contributed by atoms with van der Waals surface area (Å²) >= 11 is 6.01. The van der Waals surface area contributed by atoms with Gasteiger partial charge in [-0.3, -0.25) is 0 Å². The lowest BCUT2D eigenvalue weighted by Gasteiger charge is -2.22. The minimum absolute atomic E-state index is 0.827. The number of hydrogen-bond donors (Lipinski definition) is 0. The highest BCUT2D eigenvalue weighted by atomic mass is 35.5. The first-order chi connectivity index (χ1) is 8.33. The molecule has 1 saturated carbocycles. The van der Waals surface area contributed by atoms with Gasteiger partial charge in [0.25, 0.3) is 0 Å². The van der Waals surface area contributed by atoms with Crippen molar-refractivity contribution in [3.8, 4) is 0 Å². The molecule has 1 heterocycles. The van der Waals surface area contributed by atoms with E-state index in [1.165, 1.54) is 49.6 Å². The lowest BCUT2D eigenvalue weighted by atomic mass is 9.89. The Labute approximate surface area is 107 Å². The molecule has 0 radical (unpaired) electrons. The first kappa shape index (κ1) is 11.2. The third-order valence-corrected chi connectivity index (χ3v) is 4.15. The van der Waals surface area contributed by atoms with E-state index in [0.29, 0.717) is 0 Å². The zero-order chi connectivity index (χ0) is 11.7. The molecule has 1 aliphatic carbocycles. The fraction of sp³-hybridized carbons (Fsp3) is 0.467. The Bertz CT molecular complexity index is 509. The second-order valence-corrected chi connectivity index (χ2v) is 5.61. The van der Waals surface area contributed by atoms with Crippen LogP contribution in [-0.2, 0) is 6.54 Å². The van der Waals surface area contributed by atoms with Crippen LogP contribution in [0.2, 0.25) is 5.02 Å². The summed E-state index contributed by atoms with van der Waals surface area (Å²) in [5.74, 6) is 0.870. The summed E-state index contributed by atoms with van der Waals surface area (Å²) in [6, 6.07) is 8.35. The van der Waals surface area contributed by atoms with Crippen LogP contribution < -0.4 is 0 Å². The van der Waals surface area contributed by atoms with Gasteiger partial charge in [-0.1, -0.05) is 30.9 Å². The molecular formula is C15H18ClN. The summed E-state index contributed by atoms with van der Waals surface area (Å²) in [5.41, 5.74) is 1.32. The number of aromatic nitrogens is 1. The second kappa shape index (κ2) is 4.73. The molecule has 1 fully saturated rings. The van der Waals surface area contributed by atoms with Gasteiger partial charge in [0.2, 0.25) is 0 Å². The lowest BCUT2D eigenvalue weighted by molar-refractivity contribution is 0.322. The molecule has 90 valence electrons. The molecule has 1 aromatic carbocycles. The summed E-state index contributed by atoms with van der Waals surface area (Å²) < 4.78 is 2.39. The van der Waals surface area contributed by atoms with Crippen LogP contribution in [0.1, 0.15) is 32.1 Å². The van der Waals surface area contributed by atoms with Crippen LogP contribution in [-0.4, -0.2) is 4.57 Å². The first-order valence-electron chi connectivity index (χ1n) is 6.57. The summed E-state index contributed by atoms with van der Waals surface area (Å²) in [5, 5.41) is 2.08. The lowest BCUT2D eigenvalue weighted by Crippen LogP contribution is -2.13. The number of benzene rings is 1. The van der Waals surface area contributed by atoms with Crippen LogP contribution >= 0.6 is 11.6 Å². The number of fused-ring (bicyclic) bond motifs is 1. The van der Waals surface area contributed by atoms with Crippen LogP contribution in [0.3, 0.4) is 0 Å². The van der Waals surface area contributed by atoms with E-state index in [-0.39, 0.29) is 0 Å². The maximum Gasteiger partial charge on any atom is 0.0481 e. The number of rotatable bonds is 2. The van der Waals surface area contributed by atoms with Crippen molar-refractivity contribution in [2.24, 2.45) is 5.92 Å². The Kier molecular flexibility index (Phi) is 3.11. The van der Waals surface area contributed by atoms with Crippen LogP contribution in [0, 0.1) is 5.92 Å². The van der Waals surface area contributed by atoms with E-state index in [1.54, 1.807) is 0 Å². The van der Waals surface area contributed by atoms with Gasteiger partial charge in [0.1, 0.15) is 0 Å². The van der Waals surface area contributed by atoms with E-state index in [4.69, 9.17) is 11.6 Å². The predicted molar refractivity (Wildman–Crippen MR) is 73.5 cm³/mol. The van der Waals surface area contributed by atoms with E-state index in [2.05, 4.69) is 22.9 Å². The third kappa shape index (κ3) is 2.35. The molecule has 0 saturated heterocycles. The van der Waals surface area contributed by atoms with Gasteiger partial charge in [-0.05, 0) is 43.0 Å². The number of halogens is 1. The van der Waals surface area contributed by atoms with Gasteiger partial charge in [0, 0.05) is 28.7 Å². The Morgan fingerprint density at radius 3 is 2.76 bits per heavy atom. The SMILES string of the molecule is Clc1ccc2c(ccn2CC2CCCCC2)c1. The molecule has 0 N–H and O–H groups in total. The number of nitrogens with zero attached hydrogens (tertiary/aromatic N) is 1. The largest absolute Gasteiger partial charge is 0.347 e. The fourth-order valence-electron chi connectivity index (χ4n) is 2.98. The van der Waals surface area contributed by atoms with Gasteiger partial charge in [0.05, 0.1) is 0 Å². The van der Waals surface area contributed by atoms with Crippen molar-refractivity contribution in [1.29, 1.82) is 0 Å². The van der Waals surface area contributed by atoms with E-state index in [9.17, 15) is 0 Å². The van der Waals surface area contributed by atoms with Gasteiger partial charge in [0.15, 0.2) is 0 Å². The van der Waals surface area contributed by atoms with Crippen LogP contribution in [0.25, 0.3) is 10.9 Å². The molecule has 0 unspecified atom stereocenters.